The van der Waals surface area contributed by atoms with E-state index >= 15 is 4.39 Å². The number of carbonyl (C=O) groups is 1. The third kappa shape index (κ3) is 6.40. The molecule has 5 heterocycles. The number of aromatic nitrogens is 4. The summed E-state index contributed by atoms with van der Waals surface area (Å²) >= 11 is 1.43. The average Bonchev–Trinajstić information content (AvgIpc) is 3.72. The number of rotatable bonds is 11. The zero-order chi connectivity index (χ0) is 33.2. The molecule has 0 spiro atoms. The van der Waals surface area contributed by atoms with Crippen molar-refractivity contribution in [1.29, 1.82) is 0 Å². The lowest BCUT2D eigenvalue weighted by atomic mass is 9.96. The van der Waals surface area contributed by atoms with E-state index in [9.17, 15) is 9.18 Å². The zero-order valence-corrected chi connectivity index (χ0v) is 27.6. The molecule has 0 radical (unpaired) electrons. The molecule has 1 amide bonds. The van der Waals surface area contributed by atoms with Crippen LogP contribution < -0.4 is 4.74 Å². The number of hydrogen-bond donors (Lipinski definition) is 0. The summed E-state index contributed by atoms with van der Waals surface area (Å²) < 4.78 is 44.4. The SMILES string of the molecule is C=CC(=O)N1CCn2nc(-c3nc(-c4cncc(CCN(C)C)c4)c4ccsc4c3-c3c(F)cc(F)cc3OCCOC)cc2C1C. The van der Waals surface area contributed by atoms with E-state index in [0.29, 0.717) is 35.7 Å². The molecule has 47 heavy (non-hydrogen) atoms. The quantitative estimate of drug-likeness (QED) is 0.120. The number of pyridine rings is 2. The number of carbonyl (C=O) groups excluding carboxylic acids is 1. The van der Waals surface area contributed by atoms with Crippen LogP contribution in [0.1, 0.15) is 24.2 Å². The first-order valence-corrected chi connectivity index (χ1v) is 16.2. The highest BCUT2D eigenvalue weighted by atomic mass is 32.1. The molecule has 9 nitrogen and oxygen atoms in total. The van der Waals surface area contributed by atoms with E-state index in [1.807, 2.05) is 49.4 Å². The monoisotopic (exact) mass is 658 g/mol. The summed E-state index contributed by atoms with van der Waals surface area (Å²) in [5, 5.41) is 7.67. The molecule has 0 N–H and O–H groups in total. The lowest BCUT2D eigenvalue weighted by Gasteiger charge is -2.33. The Hall–Kier alpha value is -4.52. The second kappa shape index (κ2) is 13.7. The van der Waals surface area contributed by atoms with Crippen molar-refractivity contribution >= 4 is 27.3 Å². The number of thiophene rings is 1. The van der Waals surface area contributed by atoms with Crippen molar-refractivity contribution in [2.75, 3.05) is 47.5 Å². The molecule has 4 aromatic heterocycles. The van der Waals surface area contributed by atoms with E-state index < -0.39 is 11.6 Å². The molecule has 0 saturated heterocycles. The number of hydrogen-bond acceptors (Lipinski definition) is 8. The highest BCUT2D eigenvalue weighted by Crippen LogP contribution is 2.47. The van der Waals surface area contributed by atoms with Crippen molar-refractivity contribution in [1.82, 2.24) is 29.5 Å². The molecule has 0 saturated carbocycles. The molecule has 0 bridgehead atoms. The Morgan fingerprint density at radius 1 is 1.13 bits per heavy atom. The van der Waals surface area contributed by atoms with Crippen molar-refractivity contribution in [2.24, 2.45) is 0 Å². The molecule has 1 unspecified atom stereocenters. The van der Waals surface area contributed by atoms with Gasteiger partial charge in [0.05, 0.1) is 36.1 Å². The lowest BCUT2D eigenvalue weighted by molar-refractivity contribution is -0.129. The van der Waals surface area contributed by atoms with Crippen molar-refractivity contribution < 1.29 is 23.0 Å². The molecular weight excluding hydrogens is 622 g/mol. The Bertz CT molecular complexity index is 1960. The van der Waals surface area contributed by atoms with Gasteiger partial charge in [0, 0.05) is 65.9 Å². The molecule has 1 aromatic carbocycles. The molecule has 5 aromatic rings. The van der Waals surface area contributed by atoms with Gasteiger partial charge in [-0.05, 0) is 62.7 Å². The Kier molecular flexibility index (Phi) is 9.44. The standard InChI is InChI=1S/C35H36F2N6O3S/c1-6-30(44)42-10-11-43-28(21(42)2)18-27(40-43)34-32(31-26(37)16-24(36)17-29(31)46-13-12-45-5)35-25(8-14-47-35)33(39-34)23-15-22(19-38-20-23)7-9-41(3)4/h6,8,14-21H,1,7,9-13H2,2-5H3. The molecule has 1 atom stereocenters. The lowest BCUT2D eigenvalue weighted by Crippen LogP contribution is -2.40. The van der Waals surface area contributed by atoms with Crippen LogP contribution >= 0.6 is 11.3 Å². The molecular formula is C35H36F2N6O3S. The first-order valence-electron chi connectivity index (χ1n) is 15.3. The minimum absolute atomic E-state index is 0.0393. The molecule has 244 valence electrons. The Labute approximate surface area is 276 Å². The van der Waals surface area contributed by atoms with Crippen molar-refractivity contribution in [3.63, 3.8) is 0 Å². The number of amides is 1. The van der Waals surface area contributed by atoms with Crippen LogP contribution in [0.25, 0.3) is 43.9 Å². The van der Waals surface area contributed by atoms with Gasteiger partial charge in [0.1, 0.15) is 35.4 Å². The molecule has 6 rings (SSSR count). The summed E-state index contributed by atoms with van der Waals surface area (Å²) in [6.07, 6.45) is 5.74. The van der Waals surface area contributed by atoms with Crippen LogP contribution in [0.4, 0.5) is 8.78 Å². The van der Waals surface area contributed by atoms with Gasteiger partial charge in [0.25, 0.3) is 0 Å². The number of nitrogens with zero attached hydrogens (tertiary/aromatic N) is 6. The van der Waals surface area contributed by atoms with E-state index in [1.54, 1.807) is 11.1 Å². The molecule has 0 fully saturated rings. The molecule has 12 heteroatoms. The van der Waals surface area contributed by atoms with Crippen LogP contribution in [-0.2, 0) is 22.5 Å². The maximum absolute atomic E-state index is 16.1. The van der Waals surface area contributed by atoms with Crippen LogP contribution in [-0.4, -0.2) is 83.0 Å². The summed E-state index contributed by atoms with van der Waals surface area (Å²) in [6, 6.07) is 7.68. The van der Waals surface area contributed by atoms with Gasteiger partial charge in [-0.15, -0.1) is 11.3 Å². The fourth-order valence-electron chi connectivity index (χ4n) is 5.95. The number of likely N-dealkylation sites (N-methyl/N-ethyl adjacent to an activating group) is 1. The van der Waals surface area contributed by atoms with Gasteiger partial charge in [-0.25, -0.2) is 13.8 Å². The van der Waals surface area contributed by atoms with Crippen LogP contribution in [0, 0.1) is 11.6 Å². The topological polar surface area (TPSA) is 85.6 Å². The fraction of sp³-hybridized carbons (Fsp3) is 0.314. The minimum atomic E-state index is -0.782. The normalized spacial score (nSPS) is 14.5. The number of fused-ring (bicyclic) bond motifs is 2. The van der Waals surface area contributed by atoms with Gasteiger partial charge in [0.2, 0.25) is 5.91 Å². The number of ether oxygens (including phenoxy) is 2. The summed E-state index contributed by atoms with van der Waals surface area (Å²) in [7, 11) is 5.58. The Morgan fingerprint density at radius 3 is 2.72 bits per heavy atom. The first kappa shape index (κ1) is 32.4. The van der Waals surface area contributed by atoms with E-state index in [4.69, 9.17) is 19.6 Å². The summed E-state index contributed by atoms with van der Waals surface area (Å²) in [5.74, 6) is -1.67. The maximum atomic E-state index is 16.1. The predicted octanol–water partition coefficient (Wildman–Crippen LogP) is 6.39. The first-order chi connectivity index (χ1) is 22.7. The molecule has 1 aliphatic heterocycles. The van der Waals surface area contributed by atoms with Gasteiger partial charge in [0.15, 0.2) is 0 Å². The smallest absolute Gasteiger partial charge is 0.246 e. The predicted molar refractivity (Wildman–Crippen MR) is 179 cm³/mol. The average molecular weight is 659 g/mol. The van der Waals surface area contributed by atoms with E-state index in [0.717, 1.165) is 45.9 Å². The van der Waals surface area contributed by atoms with E-state index in [2.05, 4.69) is 22.5 Å². The van der Waals surface area contributed by atoms with Gasteiger partial charge in [-0.1, -0.05) is 6.58 Å². The van der Waals surface area contributed by atoms with Gasteiger partial charge in [-0.3, -0.25) is 14.5 Å². The second-order valence-electron chi connectivity index (χ2n) is 11.7. The summed E-state index contributed by atoms with van der Waals surface area (Å²) in [6.45, 7) is 7.70. The van der Waals surface area contributed by atoms with Crippen LogP contribution in [0.15, 0.2) is 60.8 Å². The zero-order valence-electron chi connectivity index (χ0n) is 26.8. The highest BCUT2D eigenvalue weighted by Gasteiger charge is 2.31. The molecule has 0 aliphatic carbocycles. The largest absolute Gasteiger partial charge is 0.490 e. The summed E-state index contributed by atoms with van der Waals surface area (Å²) in [4.78, 5) is 26.2. The van der Waals surface area contributed by atoms with Gasteiger partial charge in [-0.2, -0.15) is 5.10 Å². The fourth-order valence-corrected chi connectivity index (χ4v) is 6.89. The number of halogens is 2. The van der Waals surface area contributed by atoms with Crippen molar-refractivity contribution in [3.05, 3.63) is 83.7 Å². The van der Waals surface area contributed by atoms with Crippen LogP contribution in [0.5, 0.6) is 5.75 Å². The second-order valence-corrected chi connectivity index (χ2v) is 12.6. The van der Waals surface area contributed by atoms with Gasteiger partial charge < -0.3 is 19.3 Å². The minimum Gasteiger partial charge on any atom is -0.490 e. The maximum Gasteiger partial charge on any atom is 0.246 e. The van der Waals surface area contributed by atoms with E-state index in [-0.39, 0.29) is 36.5 Å². The van der Waals surface area contributed by atoms with Crippen molar-refractivity contribution in [3.8, 4) is 39.5 Å². The summed E-state index contributed by atoms with van der Waals surface area (Å²) in [5.41, 5.74) is 4.79. The highest BCUT2D eigenvalue weighted by molar-refractivity contribution is 7.18. The third-order valence-electron chi connectivity index (χ3n) is 8.30. The Balaban J connectivity index is 1.60. The van der Waals surface area contributed by atoms with Crippen LogP contribution in [0.3, 0.4) is 0 Å². The number of methoxy groups -OCH3 is 1. The molecule has 1 aliphatic rings. The van der Waals surface area contributed by atoms with Gasteiger partial charge >= 0.3 is 0 Å². The Morgan fingerprint density at radius 2 is 1.96 bits per heavy atom. The van der Waals surface area contributed by atoms with E-state index in [1.165, 1.54) is 30.6 Å². The number of benzene rings is 1. The van der Waals surface area contributed by atoms with Crippen molar-refractivity contribution in [2.45, 2.75) is 25.9 Å². The van der Waals surface area contributed by atoms with Crippen LogP contribution in [0.2, 0.25) is 0 Å². The third-order valence-corrected chi connectivity index (χ3v) is 9.23.